The van der Waals surface area contributed by atoms with Gasteiger partial charge in [0.15, 0.2) is 0 Å². The molecular formula is C18H24N2O3. The zero-order valence-electron chi connectivity index (χ0n) is 13.2. The van der Waals surface area contributed by atoms with E-state index >= 15 is 0 Å². The molecule has 5 heteroatoms. The van der Waals surface area contributed by atoms with Gasteiger partial charge >= 0.3 is 11.9 Å². The van der Waals surface area contributed by atoms with Crippen molar-refractivity contribution in [3.63, 3.8) is 0 Å². The minimum absolute atomic E-state index is 0.0810. The van der Waals surface area contributed by atoms with E-state index in [0.29, 0.717) is 18.4 Å². The van der Waals surface area contributed by atoms with Crippen LogP contribution in [0.2, 0.25) is 0 Å². The number of benzene rings is 1. The van der Waals surface area contributed by atoms with Crippen LogP contribution < -0.4 is 11.1 Å². The van der Waals surface area contributed by atoms with Crippen molar-refractivity contribution in [1.82, 2.24) is 5.32 Å². The molecule has 0 amide bonds. The third-order valence-corrected chi connectivity index (χ3v) is 5.06. The molecule has 2 bridgehead atoms. The highest BCUT2D eigenvalue weighted by Gasteiger charge is 2.39. The van der Waals surface area contributed by atoms with Crippen molar-refractivity contribution in [2.75, 3.05) is 6.54 Å². The fraction of sp³-hybridized carbons (Fsp3) is 0.556. The lowest BCUT2D eigenvalue weighted by Crippen LogP contribution is -2.41. The number of carbonyl (C=O) groups is 2. The van der Waals surface area contributed by atoms with Gasteiger partial charge in [-0.15, -0.1) is 0 Å². The van der Waals surface area contributed by atoms with E-state index in [1.54, 1.807) is 0 Å². The van der Waals surface area contributed by atoms with Crippen molar-refractivity contribution in [2.24, 2.45) is 17.6 Å². The predicted octanol–water partition coefficient (Wildman–Crippen LogP) is 1.40. The Labute approximate surface area is 136 Å². The fourth-order valence-electron chi connectivity index (χ4n) is 3.88. The van der Waals surface area contributed by atoms with Crippen LogP contribution in [0.4, 0.5) is 0 Å². The highest BCUT2D eigenvalue weighted by atomic mass is 16.6. The second-order valence-corrected chi connectivity index (χ2v) is 6.75. The molecule has 124 valence electrons. The van der Waals surface area contributed by atoms with Crippen molar-refractivity contribution in [1.29, 1.82) is 0 Å². The Hall–Kier alpha value is -1.72. The van der Waals surface area contributed by atoms with Gasteiger partial charge < -0.3 is 15.8 Å². The van der Waals surface area contributed by atoms with Crippen molar-refractivity contribution >= 4 is 11.9 Å². The molecule has 1 aromatic carbocycles. The van der Waals surface area contributed by atoms with Crippen LogP contribution >= 0.6 is 0 Å². The third-order valence-electron chi connectivity index (χ3n) is 5.06. The summed E-state index contributed by atoms with van der Waals surface area (Å²) in [6.45, 7) is 0.0810. The van der Waals surface area contributed by atoms with Gasteiger partial charge in [0.2, 0.25) is 0 Å². The zero-order chi connectivity index (χ0) is 16.2. The third kappa shape index (κ3) is 4.18. The smallest absolute Gasteiger partial charge is 0.330 e. The number of hydrogen-bond acceptors (Lipinski definition) is 5. The Kier molecular flexibility index (Phi) is 5.08. The minimum Gasteiger partial charge on any atom is -0.391 e. The molecule has 4 atom stereocenters. The molecule has 5 nitrogen and oxygen atoms in total. The molecule has 2 fully saturated rings. The van der Waals surface area contributed by atoms with E-state index in [4.69, 9.17) is 10.5 Å². The average Bonchev–Trinajstić information content (AvgIpc) is 3.16. The number of nitrogens with one attached hydrogen (secondary N) is 1. The number of ether oxygens (including phenoxy) is 1. The van der Waals surface area contributed by atoms with Crippen LogP contribution in [-0.4, -0.2) is 30.6 Å². The molecule has 23 heavy (non-hydrogen) atoms. The van der Waals surface area contributed by atoms with Gasteiger partial charge in [-0.2, -0.15) is 0 Å². The molecule has 2 aliphatic rings. The standard InChI is InChI=1S/C18H24N2O3/c19-15(9-12-4-2-1-3-5-12)18(22)23-17(21)11-20-16-10-13-6-7-14(16)8-13/h1-5,13-16,20H,6-11,19H2/t13?,14?,15-,16?/m0/s1. The second kappa shape index (κ2) is 7.23. The van der Waals surface area contributed by atoms with Gasteiger partial charge in [0.05, 0.1) is 6.54 Å². The molecule has 0 aliphatic heterocycles. The van der Waals surface area contributed by atoms with E-state index in [0.717, 1.165) is 17.9 Å². The molecule has 2 aliphatic carbocycles. The first-order chi connectivity index (χ1) is 11.1. The molecule has 0 spiro atoms. The van der Waals surface area contributed by atoms with E-state index in [2.05, 4.69) is 5.32 Å². The maximum absolute atomic E-state index is 11.9. The van der Waals surface area contributed by atoms with Gasteiger partial charge in [-0.05, 0) is 43.1 Å². The zero-order valence-corrected chi connectivity index (χ0v) is 13.2. The Balaban J connectivity index is 1.39. The summed E-state index contributed by atoms with van der Waals surface area (Å²) in [5.74, 6) is 0.299. The first kappa shape index (κ1) is 16.1. The van der Waals surface area contributed by atoms with E-state index in [1.165, 1.54) is 19.3 Å². The first-order valence-corrected chi connectivity index (χ1v) is 8.39. The number of hydrogen-bond donors (Lipinski definition) is 2. The SMILES string of the molecule is N[C@@H](Cc1ccccc1)C(=O)OC(=O)CNC1CC2CCC1C2. The molecule has 3 rings (SSSR count). The molecule has 0 saturated heterocycles. The lowest BCUT2D eigenvalue weighted by atomic mass is 9.95. The molecule has 2 saturated carbocycles. The Morgan fingerprint density at radius 2 is 2.00 bits per heavy atom. The fourth-order valence-corrected chi connectivity index (χ4v) is 3.88. The van der Waals surface area contributed by atoms with Crippen molar-refractivity contribution in [2.45, 2.75) is 44.2 Å². The molecular weight excluding hydrogens is 292 g/mol. The van der Waals surface area contributed by atoms with Gasteiger partial charge in [0, 0.05) is 6.04 Å². The Morgan fingerprint density at radius 3 is 2.65 bits per heavy atom. The summed E-state index contributed by atoms with van der Waals surface area (Å²) in [7, 11) is 0. The number of rotatable bonds is 6. The Morgan fingerprint density at radius 1 is 1.22 bits per heavy atom. The summed E-state index contributed by atoms with van der Waals surface area (Å²) < 4.78 is 4.86. The maximum Gasteiger partial charge on any atom is 0.330 e. The van der Waals surface area contributed by atoms with Crippen LogP contribution in [0.25, 0.3) is 0 Å². The van der Waals surface area contributed by atoms with Crippen molar-refractivity contribution in [3.8, 4) is 0 Å². The van der Waals surface area contributed by atoms with E-state index in [9.17, 15) is 9.59 Å². The summed E-state index contributed by atoms with van der Waals surface area (Å²) in [4.78, 5) is 23.7. The molecule has 1 aromatic rings. The minimum atomic E-state index is -0.816. The van der Waals surface area contributed by atoms with E-state index in [1.807, 2.05) is 30.3 Å². The van der Waals surface area contributed by atoms with Crippen LogP contribution in [0.5, 0.6) is 0 Å². The van der Waals surface area contributed by atoms with Crippen LogP contribution in [0, 0.1) is 11.8 Å². The molecule has 3 unspecified atom stereocenters. The molecule has 0 heterocycles. The van der Waals surface area contributed by atoms with Crippen LogP contribution in [0.15, 0.2) is 30.3 Å². The van der Waals surface area contributed by atoms with Crippen LogP contribution in [-0.2, 0) is 20.7 Å². The lowest BCUT2D eigenvalue weighted by molar-refractivity contribution is -0.160. The monoisotopic (exact) mass is 316 g/mol. The summed E-state index contributed by atoms with van der Waals surface area (Å²) in [6, 6.07) is 9.05. The second-order valence-electron chi connectivity index (χ2n) is 6.75. The highest BCUT2D eigenvalue weighted by molar-refractivity contribution is 5.89. The Bertz CT molecular complexity index is 561. The first-order valence-electron chi connectivity index (χ1n) is 8.39. The number of carbonyl (C=O) groups excluding carboxylic acids is 2. The number of nitrogens with two attached hydrogens (primary N) is 1. The van der Waals surface area contributed by atoms with E-state index < -0.39 is 18.0 Å². The number of esters is 2. The van der Waals surface area contributed by atoms with Crippen molar-refractivity contribution < 1.29 is 14.3 Å². The lowest BCUT2D eigenvalue weighted by Gasteiger charge is -2.22. The number of fused-ring (bicyclic) bond motifs is 2. The highest BCUT2D eigenvalue weighted by Crippen LogP contribution is 2.44. The average molecular weight is 316 g/mol. The molecule has 0 radical (unpaired) electrons. The van der Waals surface area contributed by atoms with Gasteiger partial charge in [-0.3, -0.25) is 4.79 Å². The predicted molar refractivity (Wildman–Crippen MR) is 86.5 cm³/mol. The van der Waals surface area contributed by atoms with Gasteiger partial charge in [0.25, 0.3) is 0 Å². The summed E-state index contributed by atoms with van der Waals surface area (Å²) >= 11 is 0. The maximum atomic E-state index is 11.9. The van der Waals surface area contributed by atoms with Crippen LogP contribution in [0.3, 0.4) is 0 Å². The summed E-state index contributed by atoms with van der Waals surface area (Å²) in [5.41, 5.74) is 6.77. The normalized spacial score (nSPS) is 26.9. The van der Waals surface area contributed by atoms with Gasteiger partial charge in [-0.25, -0.2) is 4.79 Å². The van der Waals surface area contributed by atoms with Gasteiger partial charge in [0.1, 0.15) is 6.04 Å². The van der Waals surface area contributed by atoms with Crippen LogP contribution in [0.1, 0.15) is 31.2 Å². The largest absolute Gasteiger partial charge is 0.391 e. The molecule has 0 aromatic heterocycles. The quantitative estimate of drug-likeness (QED) is 0.612. The van der Waals surface area contributed by atoms with Crippen molar-refractivity contribution in [3.05, 3.63) is 35.9 Å². The summed E-state index contributed by atoms with van der Waals surface area (Å²) in [5, 5.41) is 3.24. The molecule has 3 N–H and O–H groups in total. The topological polar surface area (TPSA) is 81.4 Å². The van der Waals surface area contributed by atoms with Gasteiger partial charge in [-0.1, -0.05) is 36.8 Å². The van der Waals surface area contributed by atoms with E-state index in [-0.39, 0.29) is 6.54 Å². The summed E-state index contributed by atoms with van der Waals surface area (Å²) in [6.07, 6.45) is 5.35.